The number of hydrogen-bond donors (Lipinski definition) is 2. The lowest BCUT2D eigenvalue weighted by Crippen LogP contribution is -2.62. The van der Waals surface area contributed by atoms with E-state index in [9.17, 15) is 9.50 Å². The first-order valence-corrected chi connectivity index (χ1v) is 11.7. The van der Waals surface area contributed by atoms with Crippen LogP contribution in [0, 0.1) is 5.82 Å². The van der Waals surface area contributed by atoms with Gasteiger partial charge in [0.2, 0.25) is 0 Å². The van der Waals surface area contributed by atoms with Crippen molar-refractivity contribution in [3.05, 3.63) is 72.6 Å². The number of aryl methyl sites for hydroxylation is 1. The molecule has 3 saturated heterocycles. The number of fused-ring (bicyclic) bond motifs is 3. The maximum Gasteiger partial charge on any atom is 0.128 e. The van der Waals surface area contributed by atoms with Gasteiger partial charge in [-0.2, -0.15) is 5.10 Å². The molecule has 1 aromatic carbocycles. The smallest absolute Gasteiger partial charge is 0.128 e. The molecule has 174 valence electrons. The molecule has 34 heavy (non-hydrogen) atoms. The third-order valence-corrected chi connectivity index (χ3v) is 7.13. The van der Waals surface area contributed by atoms with Crippen LogP contribution >= 0.6 is 0 Å². The van der Waals surface area contributed by atoms with E-state index < -0.39 is 0 Å². The van der Waals surface area contributed by atoms with E-state index >= 15 is 0 Å². The van der Waals surface area contributed by atoms with Crippen molar-refractivity contribution in [2.75, 3.05) is 18.0 Å². The molecule has 3 aromatic heterocycles. The second-order valence-electron chi connectivity index (χ2n) is 9.35. The Bertz CT molecular complexity index is 1310. The molecular formula is C26H27FN6O. The van der Waals surface area contributed by atoms with Crippen LogP contribution in [-0.2, 0) is 13.6 Å². The van der Waals surface area contributed by atoms with Crippen LogP contribution < -0.4 is 4.90 Å². The van der Waals surface area contributed by atoms with Gasteiger partial charge in [0.05, 0.1) is 6.20 Å². The molecule has 0 saturated carbocycles. The SMILES string of the molecule is Cn1cc(-c2cc(-c3ccc(N4CC5CCC4CN5Cc4cc(F)ccc4O)nc3)c[nH]2)cn1. The number of nitrogens with one attached hydrogen (secondary N) is 1. The van der Waals surface area contributed by atoms with Crippen LogP contribution in [0.25, 0.3) is 22.4 Å². The molecular weight excluding hydrogens is 431 g/mol. The van der Waals surface area contributed by atoms with Gasteiger partial charge in [0.15, 0.2) is 0 Å². The quantitative estimate of drug-likeness (QED) is 0.470. The molecule has 4 aromatic rings. The Hall–Kier alpha value is -3.65. The molecule has 0 radical (unpaired) electrons. The standard InChI is InChI=1S/C26H27FN6O/c1-31-13-20(12-30-31)24-9-18(11-28-24)17-2-7-26(29-10-17)33-16-22-4-5-23(33)15-32(22)14-19-8-21(27)3-6-25(19)34/h2-3,6-13,22-23,28,34H,4-5,14-16H2,1H3. The minimum Gasteiger partial charge on any atom is -0.508 e. The Kier molecular flexibility index (Phi) is 5.10. The van der Waals surface area contributed by atoms with Gasteiger partial charge in [-0.25, -0.2) is 9.37 Å². The number of phenolic OH excluding ortho intramolecular Hbond substituents is 1. The molecule has 2 unspecified atom stereocenters. The number of halogens is 1. The average Bonchev–Trinajstić information content (AvgIpc) is 3.51. The monoisotopic (exact) mass is 458 g/mol. The summed E-state index contributed by atoms with van der Waals surface area (Å²) in [4.78, 5) is 12.9. The molecule has 2 atom stereocenters. The van der Waals surface area contributed by atoms with Crippen molar-refractivity contribution in [3.8, 4) is 28.1 Å². The molecule has 2 bridgehead atoms. The second kappa shape index (κ2) is 8.29. The summed E-state index contributed by atoms with van der Waals surface area (Å²) in [6.07, 6.45) is 10.0. The maximum atomic E-state index is 13.7. The van der Waals surface area contributed by atoms with Gasteiger partial charge in [-0.05, 0) is 49.2 Å². The average molecular weight is 459 g/mol. The molecule has 0 amide bonds. The fourth-order valence-corrected chi connectivity index (χ4v) is 5.30. The van der Waals surface area contributed by atoms with E-state index in [2.05, 4.69) is 38.1 Å². The van der Waals surface area contributed by atoms with Crippen molar-refractivity contribution in [3.63, 3.8) is 0 Å². The number of hydrogen-bond acceptors (Lipinski definition) is 5. The van der Waals surface area contributed by atoms with Gasteiger partial charge >= 0.3 is 0 Å². The molecule has 3 fully saturated rings. The molecule has 6 heterocycles. The normalized spacial score (nSPS) is 20.2. The van der Waals surface area contributed by atoms with Crippen LogP contribution in [-0.4, -0.2) is 54.9 Å². The third-order valence-electron chi connectivity index (χ3n) is 7.13. The molecule has 0 spiro atoms. The van der Waals surface area contributed by atoms with Crippen LogP contribution in [0.5, 0.6) is 5.75 Å². The summed E-state index contributed by atoms with van der Waals surface area (Å²) in [6.45, 7) is 2.34. The van der Waals surface area contributed by atoms with E-state index in [1.807, 2.05) is 31.8 Å². The van der Waals surface area contributed by atoms with Gasteiger partial charge < -0.3 is 15.0 Å². The highest BCUT2D eigenvalue weighted by atomic mass is 19.1. The summed E-state index contributed by atoms with van der Waals surface area (Å²) >= 11 is 0. The first kappa shape index (κ1) is 20.9. The second-order valence-corrected chi connectivity index (χ2v) is 9.35. The summed E-state index contributed by atoms with van der Waals surface area (Å²) in [6, 6.07) is 11.3. The lowest BCUT2D eigenvalue weighted by molar-refractivity contribution is 0.0876. The fraction of sp³-hybridized carbons (Fsp3) is 0.308. The number of H-pyrrole nitrogens is 1. The number of piperazine rings is 1. The van der Waals surface area contributed by atoms with Gasteiger partial charge in [-0.3, -0.25) is 9.58 Å². The zero-order chi connectivity index (χ0) is 23.2. The lowest BCUT2D eigenvalue weighted by Gasteiger charge is -2.52. The van der Waals surface area contributed by atoms with E-state index in [-0.39, 0.29) is 11.6 Å². The summed E-state index contributed by atoms with van der Waals surface area (Å²) in [5.41, 5.74) is 4.90. The molecule has 2 N–H and O–H groups in total. The van der Waals surface area contributed by atoms with E-state index in [4.69, 9.17) is 4.98 Å². The van der Waals surface area contributed by atoms with Gasteiger partial charge in [0.1, 0.15) is 17.4 Å². The van der Waals surface area contributed by atoms with Crippen LogP contribution in [0.2, 0.25) is 0 Å². The van der Waals surface area contributed by atoms with E-state index in [1.165, 1.54) is 18.2 Å². The van der Waals surface area contributed by atoms with Crippen molar-refractivity contribution >= 4 is 5.82 Å². The zero-order valence-corrected chi connectivity index (χ0v) is 19.0. The number of anilines is 1. The molecule has 7 rings (SSSR count). The van der Waals surface area contributed by atoms with Crippen LogP contribution in [0.4, 0.5) is 10.2 Å². The minimum absolute atomic E-state index is 0.161. The van der Waals surface area contributed by atoms with Crippen molar-refractivity contribution in [1.82, 2.24) is 24.6 Å². The van der Waals surface area contributed by atoms with Crippen molar-refractivity contribution in [2.45, 2.75) is 31.5 Å². The van der Waals surface area contributed by atoms with Crippen molar-refractivity contribution in [2.24, 2.45) is 7.05 Å². The maximum absolute atomic E-state index is 13.7. The number of rotatable bonds is 5. The molecule has 3 aliphatic heterocycles. The van der Waals surface area contributed by atoms with E-state index in [0.29, 0.717) is 24.2 Å². The Morgan fingerprint density at radius 1 is 1.03 bits per heavy atom. The fourth-order valence-electron chi connectivity index (χ4n) is 5.30. The number of nitrogens with zero attached hydrogens (tertiary/aromatic N) is 5. The Morgan fingerprint density at radius 2 is 1.91 bits per heavy atom. The topological polar surface area (TPSA) is 73.2 Å². The molecule has 7 nitrogen and oxygen atoms in total. The summed E-state index contributed by atoms with van der Waals surface area (Å²) in [5, 5.41) is 14.4. The van der Waals surface area contributed by atoms with E-state index in [0.717, 1.165) is 54.1 Å². The summed E-state index contributed by atoms with van der Waals surface area (Å²) in [5.74, 6) is 0.846. The number of aromatic amines is 1. The van der Waals surface area contributed by atoms with Crippen LogP contribution in [0.1, 0.15) is 18.4 Å². The largest absolute Gasteiger partial charge is 0.508 e. The zero-order valence-electron chi connectivity index (χ0n) is 19.0. The summed E-state index contributed by atoms with van der Waals surface area (Å²) in [7, 11) is 1.91. The number of aromatic nitrogens is 4. The number of piperidine rings is 2. The van der Waals surface area contributed by atoms with E-state index in [1.54, 1.807) is 4.68 Å². The Morgan fingerprint density at radius 3 is 2.65 bits per heavy atom. The first-order valence-electron chi connectivity index (χ1n) is 11.7. The highest BCUT2D eigenvalue weighted by Gasteiger charge is 2.39. The molecule has 0 aliphatic carbocycles. The number of aromatic hydroxyl groups is 1. The van der Waals surface area contributed by atoms with Gasteiger partial charge in [-0.15, -0.1) is 0 Å². The molecule has 8 heteroatoms. The number of pyridine rings is 1. The third kappa shape index (κ3) is 3.84. The Labute approximate surface area is 197 Å². The number of benzene rings is 1. The predicted molar refractivity (Wildman–Crippen MR) is 129 cm³/mol. The molecule has 3 aliphatic rings. The van der Waals surface area contributed by atoms with Crippen molar-refractivity contribution in [1.29, 1.82) is 0 Å². The lowest BCUT2D eigenvalue weighted by atomic mass is 9.90. The van der Waals surface area contributed by atoms with Crippen molar-refractivity contribution < 1.29 is 9.50 Å². The van der Waals surface area contributed by atoms with Crippen LogP contribution in [0.15, 0.2) is 61.2 Å². The van der Waals surface area contributed by atoms with Gasteiger partial charge in [0.25, 0.3) is 0 Å². The Balaban J connectivity index is 1.15. The van der Waals surface area contributed by atoms with Gasteiger partial charge in [-0.1, -0.05) is 0 Å². The minimum atomic E-state index is -0.309. The predicted octanol–water partition coefficient (Wildman–Crippen LogP) is 4.18. The summed E-state index contributed by atoms with van der Waals surface area (Å²) < 4.78 is 15.5. The van der Waals surface area contributed by atoms with Gasteiger partial charge in [0, 0.05) is 85.3 Å². The highest BCUT2D eigenvalue weighted by molar-refractivity contribution is 5.71. The first-order chi connectivity index (χ1) is 16.5. The highest BCUT2D eigenvalue weighted by Crippen LogP contribution is 2.35. The number of phenols is 1. The van der Waals surface area contributed by atoms with Crippen LogP contribution in [0.3, 0.4) is 0 Å².